The molecule has 0 spiro atoms. The monoisotopic (exact) mass is 356 g/mol. The molecule has 0 saturated carbocycles. The van der Waals surface area contributed by atoms with E-state index in [2.05, 4.69) is 5.32 Å². The molecule has 1 amide bonds. The van der Waals surface area contributed by atoms with E-state index in [0.717, 1.165) is 16.7 Å². The third-order valence-corrected chi connectivity index (χ3v) is 3.80. The second-order valence-electron chi connectivity index (χ2n) is 5.90. The lowest BCUT2D eigenvalue weighted by molar-refractivity contribution is 0.168. The minimum absolute atomic E-state index is 0.278. The third kappa shape index (κ3) is 4.31. The topological polar surface area (TPSA) is 84.9 Å². The van der Waals surface area contributed by atoms with E-state index in [4.69, 9.17) is 13.6 Å². The number of benzene rings is 1. The van der Waals surface area contributed by atoms with Crippen LogP contribution in [0.1, 0.15) is 18.2 Å². The maximum Gasteiger partial charge on any atom is 0.411 e. The SMILES string of the molecule is CCOC(=O)Nc1ccc2c(CN(C)Cc3ccco3)cc(=O)oc2c1. The van der Waals surface area contributed by atoms with Crippen molar-refractivity contribution >= 4 is 22.7 Å². The average Bonchev–Trinajstić information content (AvgIpc) is 3.07. The summed E-state index contributed by atoms with van der Waals surface area (Å²) in [5.41, 5.74) is 1.31. The number of carbonyl (C=O) groups is 1. The number of anilines is 1. The number of amides is 1. The van der Waals surface area contributed by atoms with E-state index in [1.54, 1.807) is 25.3 Å². The summed E-state index contributed by atoms with van der Waals surface area (Å²) in [6.45, 7) is 3.18. The number of fused-ring (bicyclic) bond motifs is 1. The molecule has 136 valence electrons. The van der Waals surface area contributed by atoms with Crippen LogP contribution >= 0.6 is 0 Å². The van der Waals surface area contributed by atoms with Crippen LogP contribution in [0.4, 0.5) is 10.5 Å². The van der Waals surface area contributed by atoms with Gasteiger partial charge in [0, 0.05) is 29.8 Å². The first kappa shape index (κ1) is 17.8. The molecule has 7 nitrogen and oxygen atoms in total. The highest BCUT2D eigenvalue weighted by Crippen LogP contribution is 2.23. The summed E-state index contributed by atoms with van der Waals surface area (Å²) in [5, 5.41) is 3.41. The van der Waals surface area contributed by atoms with Crippen LogP contribution in [-0.4, -0.2) is 24.6 Å². The zero-order valence-corrected chi connectivity index (χ0v) is 14.7. The predicted molar refractivity (Wildman–Crippen MR) is 97.0 cm³/mol. The zero-order chi connectivity index (χ0) is 18.5. The molecule has 0 radical (unpaired) electrons. The quantitative estimate of drug-likeness (QED) is 0.680. The highest BCUT2D eigenvalue weighted by Gasteiger charge is 2.11. The van der Waals surface area contributed by atoms with E-state index < -0.39 is 11.7 Å². The molecule has 0 unspecified atom stereocenters. The fourth-order valence-corrected chi connectivity index (χ4v) is 2.74. The molecule has 1 aromatic carbocycles. The van der Waals surface area contributed by atoms with E-state index in [1.807, 2.05) is 30.1 Å². The minimum Gasteiger partial charge on any atom is -0.468 e. The molecular formula is C19H20N2O5. The van der Waals surface area contributed by atoms with Gasteiger partial charge in [-0.25, -0.2) is 9.59 Å². The standard InChI is InChI=1S/C19H20N2O5/c1-3-24-19(23)20-14-6-7-16-13(9-18(22)26-17(16)10-14)11-21(2)12-15-5-4-8-25-15/h4-10H,3,11-12H2,1-2H3,(H,20,23). The molecule has 7 heteroatoms. The van der Waals surface area contributed by atoms with Crippen molar-refractivity contribution in [3.63, 3.8) is 0 Å². The van der Waals surface area contributed by atoms with E-state index in [9.17, 15) is 9.59 Å². The van der Waals surface area contributed by atoms with E-state index in [-0.39, 0.29) is 6.61 Å². The van der Waals surface area contributed by atoms with E-state index in [1.165, 1.54) is 6.07 Å². The van der Waals surface area contributed by atoms with Crippen molar-refractivity contribution in [3.05, 3.63) is 64.4 Å². The van der Waals surface area contributed by atoms with Crippen LogP contribution < -0.4 is 10.9 Å². The van der Waals surface area contributed by atoms with Crippen LogP contribution in [0.15, 0.2) is 56.3 Å². The number of furan rings is 1. The van der Waals surface area contributed by atoms with Crippen LogP contribution in [0.5, 0.6) is 0 Å². The number of hydrogen-bond donors (Lipinski definition) is 1. The smallest absolute Gasteiger partial charge is 0.411 e. The number of nitrogens with one attached hydrogen (secondary N) is 1. The Morgan fingerprint density at radius 1 is 1.23 bits per heavy atom. The van der Waals surface area contributed by atoms with Crippen molar-refractivity contribution in [2.24, 2.45) is 0 Å². The van der Waals surface area contributed by atoms with Gasteiger partial charge in [0.1, 0.15) is 11.3 Å². The summed E-state index contributed by atoms with van der Waals surface area (Å²) in [5.74, 6) is 0.848. The number of ether oxygens (including phenoxy) is 1. The van der Waals surface area contributed by atoms with Crippen molar-refractivity contribution < 1.29 is 18.4 Å². The van der Waals surface area contributed by atoms with Crippen molar-refractivity contribution in [2.75, 3.05) is 19.0 Å². The van der Waals surface area contributed by atoms with Gasteiger partial charge in [-0.05, 0) is 43.8 Å². The van der Waals surface area contributed by atoms with Gasteiger partial charge in [0.05, 0.1) is 19.4 Å². The summed E-state index contributed by atoms with van der Waals surface area (Å²) in [7, 11) is 1.94. The molecular weight excluding hydrogens is 336 g/mol. The van der Waals surface area contributed by atoms with Gasteiger partial charge in [0.2, 0.25) is 0 Å². The molecule has 0 saturated heterocycles. The molecule has 3 aromatic rings. The lowest BCUT2D eigenvalue weighted by Crippen LogP contribution is -2.18. The first-order chi connectivity index (χ1) is 12.5. The Kier molecular flexibility index (Phi) is 5.38. The molecule has 0 aliphatic rings. The molecule has 26 heavy (non-hydrogen) atoms. The molecule has 1 N–H and O–H groups in total. The molecule has 2 aromatic heterocycles. The van der Waals surface area contributed by atoms with Gasteiger partial charge in [0.15, 0.2) is 0 Å². The Bertz CT molecular complexity index is 946. The summed E-state index contributed by atoms with van der Waals surface area (Å²) in [4.78, 5) is 25.5. The molecule has 2 heterocycles. The van der Waals surface area contributed by atoms with Gasteiger partial charge in [-0.1, -0.05) is 0 Å². The number of carbonyl (C=O) groups excluding carboxylic acids is 1. The van der Waals surface area contributed by atoms with Crippen LogP contribution in [0.3, 0.4) is 0 Å². The van der Waals surface area contributed by atoms with Crippen molar-refractivity contribution in [3.8, 4) is 0 Å². The maximum atomic E-state index is 11.9. The van der Waals surface area contributed by atoms with Crippen molar-refractivity contribution in [2.45, 2.75) is 20.0 Å². The number of rotatable bonds is 6. The Hall–Kier alpha value is -3.06. The molecule has 0 aliphatic carbocycles. The van der Waals surface area contributed by atoms with Gasteiger partial charge in [-0.2, -0.15) is 0 Å². The van der Waals surface area contributed by atoms with Crippen LogP contribution in [0.2, 0.25) is 0 Å². The first-order valence-electron chi connectivity index (χ1n) is 8.26. The largest absolute Gasteiger partial charge is 0.468 e. The Morgan fingerprint density at radius 3 is 2.81 bits per heavy atom. The second-order valence-corrected chi connectivity index (χ2v) is 5.90. The van der Waals surface area contributed by atoms with Crippen molar-refractivity contribution in [1.29, 1.82) is 0 Å². The average molecular weight is 356 g/mol. The molecule has 0 atom stereocenters. The zero-order valence-electron chi connectivity index (χ0n) is 14.7. The summed E-state index contributed by atoms with van der Waals surface area (Å²) in [6.07, 6.45) is 1.08. The second kappa shape index (κ2) is 7.88. The maximum absolute atomic E-state index is 11.9. The fourth-order valence-electron chi connectivity index (χ4n) is 2.74. The van der Waals surface area contributed by atoms with Crippen LogP contribution in [0, 0.1) is 0 Å². The Balaban J connectivity index is 1.83. The Morgan fingerprint density at radius 2 is 2.08 bits per heavy atom. The first-order valence-corrected chi connectivity index (χ1v) is 8.26. The number of nitrogens with zero attached hydrogens (tertiary/aromatic N) is 1. The predicted octanol–water partition coefficient (Wildman–Crippen LogP) is 3.59. The summed E-state index contributed by atoms with van der Waals surface area (Å²) in [6, 6.07) is 10.4. The molecule has 3 rings (SSSR count). The van der Waals surface area contributed by atoms with Gasteiger partial charge < -0.3 is 13.6 Å². The van der Waals surface area contributed by atoms with Gasteiger partial charge in [0.25, 0.3) is 0 Å². The van der Waals surface area contributed by atoms with Crippen LogP contribution in [-0.2, 0) is 17.8 Å². The molecule has 0 aliphatic heterocycles. The van der Waals surface area contributed by atoms with E-state index in [0.29, 0.717) is 24.4 Å². The van der Waals surface area contributed by atoms with Gasteiger partial charge in [-0.15, -0.1) is 0 Å². The molecule has 0 fully saturated rings. The Labute approximate surface area is 150 Å². The molecule has 0 bridgehead atoms. The van der Waals surface area contributed by atoms with Crippen LogP contribution in [0.25, 0.3) is 11.0 Å². The summed E-state index contributed by atoms with van der Waals surface area (Å²) < 4.78 is 15.5. The van der Waals surface area contributed by atoms with Gasteiger partial charge in [-0.3, -0.25) is 10.2 Å². The van der Waals surface area contributed by atoms with E-state index >= 15 is 0 Å². The lowest BCUT2D eigenvalue weighted by Gasteiger charge is -2.16. The fraction of sp³-hybridized carbons (Fsp3) is 0.263. The summed E-state index contributed by atoms with van der Waals surface area (Å²) >= 11 is 0. The van der Waals surface area contributed by atoms with Crippen molar-refractivity contribution in [1.82, 2.24) is 4.90 Å². The minimum atomic E-state index is -0.552. The normalized spacial score (nSPS) is 11.0. The lowest BCUT2D eigenvalue weighted by atomic mass is 10.1. The number of hydrogen-bond acceptors (Lipinski definition) is 6. The highest BCUT2D eigenvalue weighted by atomic mass is 16.5. The highest BCUT2D eigenvalue weighted by molar-refractivity contribution is 5.89. The van der Waals surface area contributed by atoms with Gasteiger partial charge >= 0.3 is 11.7 Å². The third-order valence-electron chi connectivity index (χ3n) is 3.80.